The molecule has 0 aliphatic rings. The van der Waals surface area contributed by atoms with Crippen LogP contribution in [0.4, 0.5) is 5.69 Å². The van der Waals surface area contributed by atoms with Gasteiger partial charge in [-0.05, 0) is 12.1 Å². The van der Waals surface area contributed by atoms with E-state index in [9.17, 15) is 0 Å². The minimum atomic E-state index is 0.689. The molecule has 1 aromatic carbocycles. The third kappa shape index (κ3) is 2.41. The number of H-pyrrole nitrogens is 1. The van der Waals surface area contributed by atoms with Crippen molar-refractivity contribution in [2.24, 2.45) is 0 Å². The molecule has 90 valence electrons. The highest BCUT2D eigenvalue weighted by molar-refractivity contribution is 7.13. The van der Waals surface area contributed by atoms with E-state index in [2.05, 4.69) is 32.4 Å². The minimum Gasteiger partial charge on any atom is -0.378 e. The Labute approximate surface area is 109 Å². The molecular formula is C13H12N4S. The third-order valence-corrected chi connectivity index (χ3v) is 3.38. The molecule has 18 heavy (non-hydrogen) atoms. The molecule has 3 aromatic rings. The Bertz CT molecular complexity index is 602. The summed E-state index contributed by atoms with van der Waals surface area (Å²) in [4.78, 5) is 11.6. The number of nitrogens with one attached hydrogen (secondary N) is 2. The zero-order chi connectivity index (χ0) is 12.2. The van der Waals surface area contributed by atoms with Gasteiger partial charge in [-0.15, -0.1) is 11.3 Å². The molecule has 0 saturated heterocycles. The lowest BCUT2D eigenvalue weighted by Gasteiger charge is -2.05. The number of benzene rings is 1. The van der Waals surface area contributed by atoms with Gasteiger partial charge in [-0.3, -0.25) is 0 Å². The fourth-order valence-corrected chi connectivity index (χ4v) is 2.34. The van der Waals surface area contributed by atoms with Crippen LogP contribution in [0.3, 0.4) is 0 Å². The van der Waals surface area contributed by atoms with Crippen LogP contribution in [-0.4, -0.2) is 15.0 Å². The zero-order valence-corrected chi connectivity index (χ0v) is 10.4. The highest BCUT2D eigenvalue weighted by Crippen LogP contribution is 2.24. The predicted molar refractivity (Wildman–Crippen MR) is 73.5 cm³/mol. The molecule has 0 spiro atoms. The van der Waals surface area contributed by atoms with E-state index in [0.29, 0.717) is 6.54 Å². The molecule has 0 amide bonds. The monoisotopic (exact) mass is 256 g/mol. The van der Waals surface area contributed by atoms with Gasteiger partial charge >= 0.3 is 0 Å². The number of imidazole rings is 1. The van der Waals surface area contributed by atoms with Gasteiger partial charge < -0.3 is 10.3 Å². The van der Waals surface area contributed by atoms with Gasteiger partial charge in [0.1, 0.15) is 10.8 Å². The first-order valence-electron chi connectivity index (χ1n) is 5.64. The molecule has 5 heteroatoms. The molecule has 0 saturated carbocycles. The van der Waals surface area contributed by atoms with E-state index in [1.165, 1.54) is 0 Å². The first-order valence-corrected chi connectivity index (χ1v) is 6.52. The molecule has 0 radical (unpaired) electrons. The van der Waals surface area contributed by atoms with Gasteiger partial charge in [0.15, 0.2) is 0 Å². The Morgan fingerprint density at radius 2 is 2.22 bits per heavy atom. The topological polar surface area (TPSA) is 53.6 Å². The third-order valence-electron chi connectivity index (χ3n) is 2.56. The van der Waals surface area contributed by atoms with Gasteiger partial charge in [-0.2, -0.15) is 0 Å². The Hall–Kier alpha value is -2.14. The Kier molecular flexibility index (Phi) is 3.06. The van der Waals surface area contributed by atoms with Crippen molar-refractivity contribution in [2.45, 2.75) is 6.54 Å². The number of rotatable bonds is 4. The van der Waals surface area contributed by atoms with Gasteiger partial charge in [0.25, 0.3) is 0 Å². The van der Waals surface area contributed by atoms with Crippen LogP contribution in [0.15, 0.2) is 48.2 Å². The lowest BCUT2D eigenvalue weighted by atomic mass is 10.2. The van der Waals surface area contributed by atoms with Crippen molar-refractivity contribution in [2.75, 3.05) is 5.32 Å². The first kappa shape index (κ1) is 11.0. The number of hydrogen-bond acceptors (Lipinski definition) is 4. The van der Waals surface area contributed by atoms with Gasteiger partial charge in [0.2, 0.25) is 0 Å². The molecule has 2 aromatic heterocycles. The van der Waals surface area contributed by atoms with Crippen LogP contribution < -0.4 is 5.32 Å². The summed E-state index contributed by atoms with van der Waals surface area (Å²) in [6, 6.07) is 8.24. The second-order valence-corrected chi connectivity index (χ2v) is 4.70. The van der Waals surface area contributed by atoms with Crippen molar-refractivity contribution in [1.82, 2.24) is 15.0 Å². The number of nitrogens with zero attached hydrogens (tertiary/aromatic N) is 2. The van der Waals surface area contributed by atoms with Gasteiger partial charge in [-0.1, -0.05) is 12.1 Å². The number of aromatic amines is 1. The number of aromatic nitrogens is 3. The van der Waals surface area contributed by atoms with Crippen molar-refractivity contribution in [3.05, 3.63) is 54.1 Å². The Balaban J connectivity index is 1.75. The van der Waals surface area contributed by atoms with E-state index < -0.39 is 0 Å². The quantitative estimate of drug-likeness (QED) is 0.754. The fraction of sp³-hybridized carbons (Fsp3) is 0.0769. The van der Waals surface area contributed by atoms with E-state index in [1.54, 1.807) is 17.5 Å². The molecular weight excluding hydrogens is 244 g/mol. The summed E-state index contributed by atoms with van der Waals surface area (Å²) in [6.45, 7) is 0.689. The summed E-state index contributed by atoms with van der Waals surface area (Å²) in [5.74, 6) is 0.926. The van der Waals surface area contributed by atoms with Gasteiger partial charge in [-0.25, -0.2) is 9.97 Å². The van der Waals surface area contributed by atoms with E-state index in [4.69, 9.17) is 0 Å². The number of thiazole rings is 1. The normalized spacial score (nSPS) is 10.4. The van der Waals surface area contributed by atoms with Gasteiger partial charge in [0.05, 0.1) is 6.54 Å². The molecule has 0 fully saturated rings. The molecule has 0 aliphatic carbocycles. The first-order chi connectivity index (χ1) is 8.92. The van der Waals surface area contributed by atoms with Crippen molar-refractivity contribution >= 4 is 17.0 Å². The van der Waals surface area contributed by atoms with Crippen molar-refractivity contribution < 1.29 is 0 Å². The van der Waals surface area contributed by atoms with E-state index in [1.807, 2.05) is 29.9 Å². The lowest BCUT2D eigenvalue weighted by Crippen LogP contribution is -2.00. The van der Waals surface area contributed by atoms with E-state index in [0.717, 1.165) is 22.1 Å². The van der Waals surface area contributed by atoms with Gasteiger partial charge in [0, 0.05) is 35.2 Å². The maximum Gasteiger partial charge on any atom is 0.125 e. The van der Waals surface area contributed by atoms with Crippen LogP contribution in [-0.2, 0) is 6.54 Å². The molecule has 0 bridgehead atoms. The predicted octanol–water partition coefficient (Wildman–Crippen LogP) is 3.15. The molecule has 0 aliphatic heterocycles. The highest BCUT2D eigenvalue weighted by Gasteiger charge is 2.01. The van der Waals surface area contributed by atoms with Crippen molar-refractivity contribution in [3.63, 3.8) is 0 Å². The van der Waals surface area contributed by atoms with Crippen LogP contribution in [0.1, 0.15) is 5.82 Å². The van der Waals surface area contributed by atoms with Crippen LogP contribution in [0.25, 0.3) is 10.6 Å². The second-order valence-electron chi connectivity index (χ2n) is 3.81. The van der Waals surface area contributed by atoms with Crippen LogP contribution in [0.2, 0.25) is 0 Å². The average molecular weight is 256 g/mol. The summed E-state index contributed by atoms with van der Waals surface area (Å²) in [7, 11) is 0. The molecule has 2 heterocycles. The summed E-state index contributed by atoms with van der Waals surface area (Å²) < 4.78 is 0. The molecule has 4 nitrogen and oxygen atoms in total. The highest BCUT2D eigenvalue weighted by atomic mass is 32.1. The molecule has 2 N–H and O–H groups in total. The maximum atomic E-state index is 4.31. The van der Waals surface area contributed by atoms with Crippen molar-refractivity contribution in [3.8, 4) is 10.6 Å². The lowest BCUT2D eigenvalue weighted by molar-refractivity contribution is 1.00. The summed E-state index contributed by atoms with van der Waals surface area (Å²) in [5.41, 5.74) is 2.20. The summed E-state index contributed by atoms with van der Waals surface area (Å²) >= 11 is 1.64. The molecule has 0 atom stereocenters. The standard InChI is InChI=1S/C13H12N4S/c1-2-10(13-16-6-7-18-13)8-11(3-1)17-9-12-14-4-5-15-12/h1-8,17H,9H2,(H,14,15). The molecule has 3 rings (SSSR count). The SMILES string of the molecule is c1cc(NCc2ncc[nH]2)cc(-c2nccs2)c1. The van der Waals surface area contributed by atoms with Crippen molar-refractivity contribution in [1.29, 1.82) is 0 Å². The Morgan fingerprint density at radius 3 is 3.00 bits per heavy atom. The Morgan fingerprint density at radius 1 is 1.22 bits per heavy atom. The largest absolute Gasteiger partial charge is 0.378 e. The number of anilines is 1. The fourth-order valence-electron chi connectivity index (χ4n) is 1.71. The van der Waals surface area contributed by atoms with Crippen LogP contribution in [0, 0.1) is 0 Å². The smallest absolute Gasteiger partial charge is 0.125 e. The summed E-state index contributed by atoms with van der Waals surface area (Å²) in [5, 5.41) is 6.36. The maximum absolute atomic E-state index is 4.31. The number of hydrogen-bond donors (Lipinski definition) is 2. The minimum absolute atomic E-state index is 0.689. The second kappa shape index (κ2) is 5.01. The van der Waals surface area contributed by atoms with Crippen LogP contribution >= 0.6 is 11.3 Å². The van der Waals surface area contributed by atoms with Crippen LogP contribution in [0.5, 0.6) is 0 Å². The average Bonchev–Trinajstić information content (AvgIpc) is 3.10. The molecule has 0 unspecified atom stereocenters. The van der Waals surface area contributed by atoms with E-state index >= 15 is 0 Å². The summed E-state index contributed by atoms with van der Waals surface area (Å²) in [6.07, 6.45) is 5.40. The zero-order valence-electron chi connectivity index (χ0n) is 9.63. The van der Waals surface area contributed by atoms with E-state index in [-0.39, 0.29) is 0 Å².